The van der Waals surface area contributed by atoms with Crippen LogP contribution in [0.1, 0.15) is 11.1 Å². The minimum absolute atomic E-state index is 0.0664. The Bertz CT molecular complexity index is 939. The molecule has 0 radical (unpaired) electrons. The van der Waals surface area contributed by atoms with Gasteiger partial charge in [0.25, 0.3) is 0 Å². The summed E-state index contributed by atoms with van der Waals surface area (Å²) < 4.78 is 36.3. The van der Waals surface area contributed by atoms with E-state index in [2.05, 4.69) is 5.32 Å². The molecule has 0 aliphatic heterocycles. The number of anilines is 1. The molecule has 0 bridgehead atoms. The minimum Gasteiger partial charge on any atom is -0.496 e. The number of aryl methyl sites for hydroxylation is 1. The highest BCUT2D eigenvalue weighted by molar-refractivity contribution is 7.89. The van der Waals surface area contributed by atoms with Gasteiger partial charge >= 0.3 is 0 Å². The topological polar surface area (TPSA) is 84.9 Å². The molecule has 0 aliphatic rings. The summed E-state index contributed by atoms with van der Waals surface area (Å²) in [4.78, 5) is 12.6. The van der Waals surface area contributed by atoms with Crippen LogP contribution in [0.4, 0.5) is 5.69 Å². The Morgan fingerprint density at radius 2 is 1.67 bits per heavy atom. The Morgan fingerprint density at radius 1 is 1.04 bits per heavy atom. The Hall–Kier alpha value is -2.58. The van der Waals surface area contributed by atoms with Crippen molar-refractivity contribution in [2.75, 3.05) is 33.6 Å². The fourth-order valence-corrected chi connectivity index (χ4v) is 3.50. The van der Waals surface area contributed by atoms with Gasteiger partial charge in [0, 0.05) is 19.7 Å². The molecule has 1 amide bonds. The standard InChI is InChI=1S/C19H24N2O5S/c1-13-6-8-17(25-4)14(10-13)11-19(22)20-16-12-15(7-9-18(16)26-5)27(23,24)21(2)3/h6-10,12H,11H2,1-5H3,(H,20,22). The van der Waals surface area contributed by atoms with Crippen LogP contribution in [0.15, 0.2) is 41.3 Å². The van der Waals surface area contributed by atoms with Crippen molar-refractivity contribution in [1.29, 1.82) is 0 Å². The first-order valence-electron chi connectivity index (χ1n) is 8.23. The van der Waals surface area contributed by atoms with Crippen molar-refractivity contribution in [3.63, 3.8) is 0 Å². The Morgan fingerprint density at radius 3 is 2.26 bits per heavy atom. The molecule has 146 valence electrons. The average Bonchev–Trinajstić information content (AvgIpc) is 2.61. The van der Waals surface area contributed by atoms with Crippen molar-refractivity contribution < 1.29 is 22.7 Å². The summed E-state index contributed by atoms with van der Waals surface area (Å²) in [6, 6.07) is 9.93. The summed E-state index contributed by atoms with van der Waals surface area (Å²) in [7, 11) is 2.26. The number of hydrogen-bond donors (Lipinski definition) is 1. The molecule has 7 nitrogen and oxygen atoms in total. The van der Waals surface area contributed by atoms with Crippen LogP contribution in [0.5, 0.6) is 11.5 Å². The molecular weight excluding hydrogens is 368 g/mol. The number of sulfonamides is 1. The molecule has 2 aromatic rings. The predicted molar refractivity (Wildman–Crippen MR) is 104 cm³/mol. The largest absolute Gasteiger partial charge is 0.496 e. The van der Waals surface area contributed by atoms with Gasteiger partial charge in [0.05, 0.1) is 31.2 Å². The molecule has 0 atom stereocenters. The van der Waals surface area contributed by atoms with E-state index in [-0.39, 0.29) is 22.9 Å². The van der Waals surface area contributed by atoms with E-state index in [0.29, 0.717) is 11.5 Å². The van der Waals surface area contributed by atoms with Gasteiger partial charge in [0.15, 0.2) is 0 Å². The molecule has 0 aliphatic carbocycles. The normalized spacial score (nSPS) is 11.3. The fourth-order valence-electron chi connectivity index (χ4n) is 2.57. The van der Waals surface area contributed by atoms with Crippen LogP contribution in [0, 0.1) is 6.92 Å². The highest BCUT2D eigenvalue weighted by Gasteiger charge is 2.20. The summed E-state index contributed by atoms with van der Waals surface area (Å²) in [6.07, 6.45) is 0.0820. The molecule has 2 aromatic carbocycles. The second-order valence-electron chi connectivity index (χ2n) is 6.19. The van der Waals surface area contributed by atoms with Gasteiger partial charge in [0.1, 0.15) is 11.5 Å². The molecular formula is C19H24N2O5S. The first-order chi connectivity index (χ1) is 12.7. The average molecular weight is 392 g/mol. The molecule has 0 unspecified atom stereocenters. The molecule has 27 heavy (non-hydrogen) atoms. The van der Waals surface area contributed by atoms with Gasteiger partial charge in [-0.3, -0.25) is 4.79 Å². The lowest BCUT2D eigenvalue weighted by atomic mass is 10.1. The number of hydrogen-bond acceptors (Lipinski definition) is 5. The Balaban J connectivity index is 2.31. The van der Waals surface area contributed by atoms with E-state index in [1.165, 1.54) is 39.4 Å². The second-order valence-corrected chi connectivity index (χ2v) is 8.34. The van der Waals surface area contributed by atoms with E-state index in [4.69, 9.17) is 9.47 Å². The molecule has 1 N–H and O–H groups in total. The summed E-state index contributed by atoms with van der Waals surface area (Å²) in [5.41, 5.74) is 2.04. The first kappa shape index (κ1) is 20.7. The third kappa shape index (κ3) is 4.78. The van der Waals surface area contributed by atoms with E-state index in [0.717, 1.165) is 15.4 Å². The Labute approximate surface area is 160 Å². The monoisotopic (exact) mass is 392 g/mol. The third-order valence-corrected chi connectivity index (χ3v) is 5.82. The molecule has 2 rings (SSSR count). The van der Waals surface area contributed by atoms with Crippen molar-refractivity contribution >= 4 is 21.6 Å². The number of nitrogens with one attached hydrogen (secondary N) is 1. The van der Waals surface area contributed by atoms with Crippen LogP contribution in [0.2, 0.25) is 0 Å². The third-order valence-electron chi connectivity index (χ3n) is 4.01. The SMILES string of the molecule is COc1ccc(C)cc1CC(=O)Nc1cc(S(=O)(=O)N(C)C)ccc1OC. The van der Waals surface area contributed by atoms with Gasteiger partial charge < -0.3 is 14.8 Å². The van der Waals surface area contributed by atoms with E-state index in [1.54, 1.807) is 7.11 Å². The van der Waals surface area contributed by atoms with Crippen molar-refractivity contribution in [3.05, 3.63) is 47.5 Å². The molecule has 0 saturated heterocycles. The molecule has 0 saturated carbocycles. The van der Waals surface area contributed by atoms with Gasteiger partial charge in [-0.05, 0) is 31.2 Å². The van der Waals surface area contributed by atoms with Crippen molar-refractivity contribution in [2.24, 2.45) is 0 Å². The van der Waals surface area contributed by atoms with Crippen molar-refractivity contribution in [2.45, 2.75) is 18.2 Å². The zero-order chi connectivity index (χ0) is 20.2. The van der Waals surface area contributed by atoms with Crippen molar-refractivity contribution in [3.8, 4) is 11.5 Å². The van der Waals surface area contributed by atoms with E-state index < -0.39 is 10.0 Å². The molecule has 8 heteroatoms. The number of amides is 1. The number of nitrogens with zero attached hydrogens (tertiary/aromatic N) is 1. The molecule has 0 fully saturated rings. The molecule has 0 spiro atoms. The lowest BCUT2D eigenvalue weighted by molar-refractivity contribution is -0.115. The zero-order valence-corrected chi connectivity index (χ0v) is 16.9. The van der Waals surface area contributed by atoms with Crippen LogP contribution < -0.4 is 14.8 Å². The van der Waals surface area contributed by atoms with Gasteiger partial charge in [-0.2, -0.15) is 0 Å². The number of ether oxygens (including phenoxy) is 2. The van der Waals surface area contributed by atoms with Gasteiger partial charge in [-0.15, -0.1) is 0 Å². The quantitative estimate of drug-likeness (QED) is 0.782. The Kier molecular flexibility index (Phi) is 6.45. The minimum atomic E-state index is -3.63. The maximum Gasteiger partial charge on any atom is 0.242 e. The van der Waals surface area contributed by atoms with Crippen LogP contribution >= 0.6 is 0 Å². The molecule has 0 heterocycles. The zero-order valence-electron chi connectivity index (χ0n) is 16.1. The number of carbonyl (C=O) groups excluding carboxylic acids is 1. The van der Waals surface area contributed by atoms with Gasteiger partial charge in [0.2, 0.25) is 15.9 Å². The first-order valence-corrected chi connectivity index (χ1v) is 9.67. The van der Waals surface area contributed by atoms with E-state index >= 15 is 0 Å². The predicted octanol–water partition coefficient (Wildman–Crippen LogP) is 2.44. The molecule has 0 aromatic heterocycles. The smallest absolute Gasteiger partial charge is 0.242 e. The van der Waals surface area contributed by atoms with Gasteiger partial charge in [-0.1, -0.05) is 17.7 Å². The highest BCUT2D eigenvalue weighted by Crippen LogP contribution is 2.29. The summed E-state index contributed by atoms with van der Waals surface area (Å²) >= 11 is 0. The lowest BCUT2D eigenvalue weighted by Crippen LogP contribution is -2.22. The van der Waals surface area contributed by atoms with Crippen LogP contribution in [0.25, 0.3) is 0 Å². The van der Waals surface area contributed by atoms with Crippen LogP contribution in [-0.2, 0) is 21.2 Å². The summed E-state index contributed by atoms with van der Waals surface area (Å²) in [5, 5.41) is 2.73. The number of benzene rings is 2. The number of carbonyl (C=O) groups is 1. The van der Waals surface area contributed by atoms with Crippen LogP contribution in [-0.4, -0.2) is 46.9 Å². The highest BCUT2D eigenvalue weighted by atomic mass is 32.2. The maximum absolute atomic E-state index is 12.5. The fraction of sp³-hybridized carbons (Fsp3) is 0.316. The van der Waals surface area contributed by atoms with Crippen LogP contribution in [0.3, 0.4) is 0 Å². The van der Waals surface area contributed by atoms with E-state index in [9.17, 15) is 13.2 Å². The number of rotatable bonds is 7. The maximum atomic E-state index is 12.5. The van der Waals surface area contributed by atoms with Gasteiger partial charge in [-0.25, -0.2) is 12.7 Å². The summed E-state index contributed by atoms with van der Waals surface area (Å²) in [6.45, 7) is 1.93. The summed E-state index contributed by atoms with van der Waals surface area (Å²) in [5.74, 6) is 0.681. The lowest BCUT2D eigenvalue weighted by Gasteiger charge is -2.15. The second kappa shape index (κ2) is 8.41. The number of methoxy groups -OCH3 is 2. The van der Waals surface area contributed by atoms with E-state index in [1.807, 2.05) is 25.1 Å². The van der Waals surface area contributed by atoms with Crippen molar-refractivity contribution in [1.82, 2.24) is 4.31 Å².